The standard InChI is InChI=1S/C15H21N3O/c1-2-3-11-18(12-15(17)19)14(9-10-16)13-7-5-4-6-8-13/h4-8,14H,2-3,9,11-12H2,1H3,(H2,17,19). The molecule has 0 aliphatic rings. The van der Waals surface area contributed by atoms with Crippen molar-refractivity contribution >= 4 is 5.91 Å². The lowest BCUT2D eigenvalue weighted by molar-refractivity contribution is -0.119. The van der Waals surface area contributed by atoms with E-state index in [1.54, 1.807) is 0 Å². The molecule has 0 aliphatic heterocycles. The van der Waals surface area contributed by atoms with Crippen molar-refractivity contribution in [1.82, 2.24) is 4.90 Å². The molecule has 4 nitrogen and oxygen atoms in total. The first-order valence-corrected chi connectivity index (χ1v) is 6.63. The molecule has 0 fully saturated rings. The summed E-state index contributed by atoms with van der Waals surface area (Å²) in [5.41, 5.74) is 6.37. The second-order valence-electron chi connectivity index (χ2n) is 4.58. The Morgan fingerprint density at radius 3 is 2.63 bits per heavy atom. The molecule has 2 N–H and O–H groups in total. The van der Waals surface area contributed by atoms with Crippen molar-refractivity contribution in [2.24, 2.45) is 5.73 Å². The molecule has 0 aliphatic carbocycles. The van der Waals surface area contributed by atoms with Gasteiger partial charge in [-0.3, -0.25) is 9.69 Å². The molecule has 0 heterocycles. The molecule has 1 aromatic carbocycles. The molecule has 0 radical (unpaired) electrons. The summed E-state index contributed by atoms with van der Waals surface area (Å²) >= 11 is 0. The van der Waals surface area contributed by atoms with Crippen LogP contribution in [0.2, 0.25) is 0 Å². The molecule has 19 heavy (non-hydrogen) atoms. The number of carbonyl (C=O) groups is 1. The Morgan fingerprint density at radius 2 is 2.11 bits per heavy atom. The number of nitrogens with zero attached hydrogens (tertiary/aromatic N) is 2. The Hall–Kier alpha value is -1.86. The molecule has 1 amide bonds. The van der Waals surface area contributed by atoms with Crippen LogP contribution in [-0.4, -0.2) is 23.9 Å². The van der Waals surface area contributed by atoms with Gasteiger partial charge in [0.15, 0.2) is 0 Å². The number of nitrogens with two attached hydrogens (primary N) is 1. The number of hydrogen-bond acceptors (Lipinski definition) is 3. The molecule has 0 bridgehead atoms. The fourth-order valence-electron chi connectivity index (χ4n) is 2.13. The number of amides is 1. The van der Waals surface area contributed by atoms with Gasteiger partial charge in [-0.15, -0.1) is 0 Å². The summed E-state index contributed by atoms with van der Waals surface area (Å²) in [7, 11) is 0. The molecule has 1 atom stereocenters. The largest absolute Gasteiger partial charge is 0.369 e. The molecule has 0 saturated carbocycles. The highest BCUT2D eigenvalue weighted by Crippen LogP contribution is 2.24. The summed E-state index contributed by atoms with van der Waals surface area (Å²) in [5.74, 6) is -0.352. The van der Waals surface area contributed by atoms with Crippen LogP contribution in [0.4, 0.5) is 0 Å². The molecule has 0 aromatic heterocycles. The van der Waals surface area contributed by atoms with Gasteiger partial charge in [-0.25, -0.2) is 0 Å². The number of carbonyl (C=O) groups excluding carboxylic acids is 1. The Kier molecular flexibility index (Phi) is 6.62. The number of hydrogen-bond donors (Lipinski definition) is 1. The van der Waals surface area contributed by atoms with Crippen LogP contribution >= 0.6 is 0 Å². The van der Waals surface area contributed by atoms with Gasteiger partial charge in [-0.05, 0) is 18.5 Å². The fraction of sp³-hybridized carbons (Fsp3) is 0.467. The number of nitriles is 1. The zero-order valence-electron chi connectivity index (χ0n) is 11.4. The van der Waals surface area contributed by atoms with E-state index in [0.29, 0.717) is 6.42 Å². The Balaban J connectivity index is 2.91. The highest BCUT2D eigenvalue weighted by Gasteiger charge is 2.21. The molecule has 102 valence electrons. The van der Waals surface area contributed by atoms with Crippen LogP contribution in [-0.2, 0) is 4.79 Å². The number of primary amides is 1. The molecule has 1 rings (SSSR count). The van der Waals surface area contributed by atoms with Crippen molar-refractivity contribution in [3.63, 3.8) is 0 Å². The van der Waals surface area contributed by atoms with E-state index in [0.717, 1.165) is 24.9 Å². The third kappa shape index (κ3) is 5.11. The average Bonchev–Trinajstić information content (AvgIpc) is 2.41. The van der Waals surface area contributed by atoms with Crippen molar-refractivity contribution in [3.8, 4) is 6.07 Å². The zero-order valence-corrected chi connectivity index (χ0v) is 11.4. The first-order chi connectivity index (χ1) is 9.19. The van der Waals surface area contributed by atoms with E-state index in [1.807, 2.05) is 35.2 Å². The van der Waals surface area contributed by atoms with Gasteiger partial charge < -0.3 is 5.73 Å². The lowest BCUT2D eigenvalue weighted by Gasteiger charge is -2.29. The van der Waals surface area contributed by atoms with Crippen molar-refractivity contribution in [1.29, 1.82) is 5.26 Å². The summed E-state index contributed by atoms with van der Waals surface area (Å²) in [6.07, 6.45) is 2.40. The molecule has 0 saturated heterocycles. The van der Waals surface area contributed by atoms with E-state index in [2.05, 4.69) is 13.0 Å². The minimum atomic E-state index is -0.352. The van der Waals surface area contributed by atoms with Gasteiger partial charge in [0, 0.05) is 6.04 Å². The molecular weight excluding hydrogens is 238 g/mol. The van der Waals surface area contributed by atoms with Crippen molar-refractivity contribution in [3.05, 3.63) is 35.9 Å². The predicted octanol–water partition coefficient (Wildman–Crippen LogP) is 2.23. The third-order valence-corrected chi connectivity index (χ3v) is 3.07. The minimum Gasteiger partial charge on any atom is -0.369 e. The third-order valence-electron chi connectivity index (χ3n) is 3.07. The number of rotatable bonds is 8. The van der Waals surface area contributed by atoms with E-state index >= 15 is 0 Å². The van der Waals surface area contributed by atoms with Gasteiger partial charge in [0.2, 0.25) is 5.91 Å². The Labute approximate surface area is 114 Å². The topological polar surface area (TPSA) is 70.1 Å². The fourth-order valence-corrected chi connectivity index (χ4v) is 2.13. The lowest BCUT2D eigenvalue weighted by Crippen LogP contribution is -2.37. The summed E-state index contributed by atoms with van der Waals surface area (Å²) in [4.78, 5) is 13.2. The van der Waals surface area contributed by atoms with Gasteiger partial charge in [0.1, 0.15) is 0 Å². The molecular formula is C15H21N3O. The molecule has 1 unspecified atom stereocenters. The maximum Gasteiger partial charge on any atom is 0.231 e. The van der Waals surface area contributed by atoms with Gasteiger partial charge in [0.25, 0.3) is 0 Å². The molecule has 4 heteroatoms. The van der Waals surface area contributed by atoms with Crippen LogP contribution < -0.4 is 5.73 Å². The van der Waals surface area contributed by atoms with Crippen LogP contribution in [0.15, 0.2) is 30.3 Å². The molecule has 0 spiro atoms. The summed E-state index contributed by atoms with van der Waals surface area (Å²) in [6.45, 7) is 3.08. The van der Waals surface area contributed by atoms with Crippen molar-refractivity contribution in [2.45, 2.75) is 32.2 Å². The highest BCUT2D eigenvalue weighted by molar-refractivity contribution is 5.76. The van der Waals surface area contributed by atoms with Crippen molar-refractivity contribution in [2.75, 3.05) is 13.1 Å². The summed E-state index contributed by atoms with van der Waals surface area (Å²) < 4.78 is 0. The monoisotopic (exact) mass is 259 g/mol. The van der Waals surface area contributed by atoms with Crippen LogP contribution in [0.5, 0.6) is 0 Å². The zero-order chi connectivity index (χ0) is 14.1. The average molecular weight is 259 g/mol. The van der Waals surface area contributed by atoms with Crippen LogP contribution in [0.3, 0.4) is 0 Å². The first kappa shape index (κ1) is 15.2. The van der Waals surface area contributed by atoms with Gasteiger partial charge in [-0.1, -0.05) is 43.7 Å². The van der Waals surface area contributed by atoms with Crippen LogP contribution in [0.25, 0.3) is 0 Å². The van der Waals surface area contributed by atoms with Crippen LogP contribution in [0.1, 0.15) is 37.8 Å². The maximum atomic E-state index is 11.2. The van der Waals surface area contributed by atoms with E-state index in [9.17, 15) is 4.79 Å². The summed E-state index contributed by atoms with van der Waals surface area (Å²) in [6, 6.07) is 11.9. The minimum absolute atomic E-state index is 0.0646. The maximum absolute atomic E-state index is 11.2. The van der Waals surface area contributed by atoms with E-state index in [-0.39, 0.29) is 18.5 Å². The summed E-state index contributed by atoms with van der Waals surface area (Å²) in [5, 5.41) is 9.01. The number of benzene rings is 1. The quantitative estimate of drug-likeness (QED) is 0.778. The Morgan fingerprint density at radius 1 is 1.42 bits per heavy atom. The smallest absolute Gasteiger partial charge is 0.231 e. The van der Waals surface area contributed by atoms with E-state index in [1.165, 1.54) is 0 Å². The van der Waals surface area contributed by atoms with Crippen LogP contribution in [0, 0.1) is 11.3 Å². The van der Waals surface area contributed by atoms with E-state index in [4.69, 9.17) is 11.0 Å². The Bertz CT molecular complexity index is 425. The normalized spacial score (nSPS) is 12.1. The second kappa shape index (κ2) is 8.28. The van der Waals surface area contributed by atoms with Gasteiger partial charge in [0.05, 0.1) is 19.0 Å². The molecule has 1 aromatic rings. The first-order valence-electron chi connectivity index (χ1n) is 6.63. The predicted molar refractivity (Wildman–Crippen MR) is 75.1 cm³/mol. The van der Waals surface area contributed by atoms with E-state index < -0.39 is 0 Å². The number of unbranched alkanes of at least 4 members (excludes halogenated alkanes) is 1. The van der Waals surface area contributed by atoms with Gasteiger partial charge >= 0.3 is 0 Å². The highest BCUT2D eigenvalue weighted by atomic mass is 16.1. The van der Waals surface area contributed by atoms with Crippen molar-refractivity contribution < 1.29 is 4.79 Å². The lowest BCUT2D eigenvalue weighted by atomic mass is 10.0. The SMILES string of the molecule is CCCCN(CC(N)=O)C(CC#N)c1ccccc1. The second-order valence-corrected chi connectivity index (χ2v) is 4.58. The van der Waals surface area contributed by atoms with Gasteiger partial charge in [-0.2, -0.15) is 5.26 Å².